The molecular formula is C12H17FN2O3S. The van der Waals surface area contributed by atoms with E-state index in [2.05, 4.69) is 4.72 Å². The van der Waals surface area contributed by atoms with Crippen LogP contribution in [-0.4, -0.2) is 26.2 Å². The molecule has 7 heteroatoms. The first-order chi connectivity index (χ1) is 8.81. The lowest BCUT2D eigenvalue weighted by atomic mass is 10.2. The van der Waals surface area contributed by atoms with E-state index >= 15 is 0 Å². The Balaban J connectivity index is 2.14. The zero-order valence-corrected chi connectivity index (χ0v) is 11.4. The number of hydrogen-bond donors (Lipinski definition) is 3. The maximum Gasteiger partial charge on any atom is 0.240 e. The first kappa shape index (κ1) is 14.2. The third-order valence-corrected chi connectivity index (χ3v) is 4.62. The molecule has 1 aromatic carbocycles. The Labute approximate surface area is 111 Å². The highest BCUT2D eigenvalue weighted by Crippen LogP contribution is 2.32. The number of aryl methyl sites for hydroxylation is 1. The van der Waals surface area contributed by atoms with E-state index in [1.54, 1.807) is 0 Å². The number of sulfonamides is 1. The van der Waals surface area contributed by atoms with Crippen LogP contribution in [0.4, 0.5) is 10.1 Å². The second-order valence-corrected chi connectivity index (χ2v) is 6.67. The van der Waals surface area contributed by atoms with Gasteiger partial charge in [-0.1, -0.05) is 0 Å². The van der Waals surface area contributed by atoms with Gasteiger partial charge in [0, 0.05) is 6.54 Å². The Hall–Kier alpha value is -1.18. The molecule has 0 spiro atoms. The third-order valence-electron chi connectivity index (χ3n) is 3.22. The molecule has 0 saturated heterocycles. The Morgan fingerprint density at radius 1 is 1.53 bits per heavy atom. The highest BCUT2D eigenvalue weighted by atomic mass is 32.2. The summed E-state index contributed by atoms with van der Waals surface area (Å²) >= 11 is 0. The molecule has 19 heavy (non-hydrogen) atoms. The lowest BCUT2D eigenvalue weighted by molar-refractivity contribution is 0.155. The molecule has 5 nitrogen and oxygen atoms in total. The van der Waals surface area contributed by atoms with E-state index < -0.39 is 21.9 Å². The lowest BCUT2D eigenvalue weighted by Crippen LogP contribution is -2.33. The first-order valence-corrected chi connectivity index (χ1v) is 7.53. The van der Waals surface area contributed by atoms with Gasteiger partial charge in [0.1, 0.15) is 5.82 Å². The Morgan fingerprint density at radius 2 is 2.16 bits per heavy atom. The summed E-state index contributed by atoms with van der Waals surface area (Å²) < 4.78 is 39.7. The number of aliphatic hydroxyl groups excluding tert-OH is 1. The molecule has 4 N–H and O–H groups in total. The maximum atomic E-state index is 13.3. The molecule has 0 heterocycles. The molecule has 1 atom stereocenters. The van der Waals surface area contributed by atoms with Crippen molar-refractivity contribution >= 4 is 15.7 Å². The molecule has 0 amide bonds. The van der Waals surface area contributed by atoms with Gasteiger partial charge in [-0.05, 0) is 43.4 Å². The normalized spacial score (nSPS) is 17.4. The summed E-state index contributed by atoms with van der Waals surface area (Å²) in [5.74, 6) is -0.431. The second-order valence-electron chi connectivity index (χ2n) is 4.90. The Kier molecular flexibility index (Phi) is 3.80. The maximum absolute atomic E-state index is 13.3. The van der Waals surface area contributed by atoms with E-state index in [1.807, 2.05) is 0 Å². The summed E-state index contributed by atoms with van der Waals surface area (Å²) in [7, 11) is -3.78. The van der Waals surface area contributed by atoms with Gasteiger partial charge in [-0.2, -0.15) is 0 Å². The molecule has 0 aromatic heterocycles. The van der Waals surface area contributed by atoms with Crippen LogP contribution in [0.25, 0.3) is 0 Å². The summed E-state index contributed by atoms with van der Waals surface area (Å²) in [5, 5.41) is 9.64. The van der Waals surface area contributed by atoms with Crippen LogP contribution >= 0.6 is 0 Å². The first-order valence-electron chi connectivity index (χ1n) is 6.04. The molecular weight excluding hydrogens is 271 g/mol. The number of anilines is 1. The molecule has 0 aliphatic heterocycles. The molecule has 0 radical (unpaired) electrons. The number of nitrogens with one attached hydrogen (secondary N) is 1. The van der Waals surface area contributed by atoms with Crippen LogP contribution in [0.5, 0.6) is 0 Å². The van der Waals surface area contributed by atoms with Crippen LogP contribution in [-0.2, 0) is 10.0 Å². The number of hydrogen-bond acceptors (Lipinski definition) is 4. The van der Waals surface area contributed by atoms with Gasteiger partial charge in [-0.25, -0.2) is 17.5 Å². The molecule has 0 bridgehead atoms. The fourth-order valence-electron chi connectivity index (χ4n) is 1.84. The monoisotopic (exact) mass is 288 g/mol. The number of nitrogen functional groups attached to an aromatic ring is 1. The number of halogens is 1. The summed E-state index contributed by atoms with van der Waals surface area (Å²) in [6, 6.07) is 2.30. The van der Waals surface area contributed by atoms with Crippen molar-refractivity contribution in [1.82, 2.24) is 4.72 Å². The molecule has 1 fully saturated rings. The average Bonchev–Trinajstić information content (AvgIpc) is 3.16. The van der Waals surface area contributed by atoms with Gasteiger partial charge in [0.05, 0.1) is 16.7 Å². The van der Waals surface area contributed by atoms with Crippen molar-refractivity contribution in [2.24, 2.45) is 5.92 Å². The SMILES string of the molecule is Cc1cc(S(=O)(=O)NCC(O)C2CC2)cc(N)c1F. The zero-order chi connectivity index (χ0) is 14.2. The summed E-state index contributed by atoms with van der Waals surface area (Å²) in [4.78, 5) is -0.0908. The molecule has 1 saturated carbocycles. The van der Waals surface area contributed by atoms with Crippen LogP contribution in [0.15, 0.2) is 17.0 Å². The number of nitrogens with two attached hydrogens (primary N) is 1. The van der Waals surface area contributed by atoms with Gasteiger partial charge >= 0.3 is 0 Å². The smallest absolute Gasteiger partial charge is 0.240 e. The van der Waals surface area contributed by atoms with Crippen LogP contribution in [0.2, 0.25) is 0 Å². The fraction of sp³-hybridized carbons (Fsp3) is 0.500. The van der Waals surface area contributed by atoms with Gasteiger partial charge in [0.25, 0.3) is 0 Å². The van der Waals surface area contributed by atoms with Crippen LogP contribution < -0.4 is 10.5 Å². The van der Waals surface area contributed by atoms with Crippen LogP contribution in [0.3, 0.4) is 0 Å². The van der Waals surface area contributed by atoms with E-state index in [4.69, 9.17) is 5.73 Å². The van der Waals surface area contributed by atoms with E-state index in [9.17, 15) is 17.9 Å². The zero-order valence-electron chi connectivity index (χ0n) is 10.6. The van der Waals surface area contributed by atoms with Crippen molar-refractivity contribution in [3.63, 3.8) is 0 Å². The average molecular weight is 288 g/mol. The molecule has 1 aliphatic rings. The predicted octanol–water partition coefficient (Wildman–Crippen LogP) is 0.766. The van der Waals surface area contributed by atoms with Crippen LogP contribution in [0, 0.1) is 18.7 Å². The van der Waals surface area contributed by atoms with Crippen molar-refractivity contribution in [3.05, 3.63) is 23.5 Å². The van der Waals surface area contributed by atoms with Crippen molar-refractivity contribution in [2.45, 2.75) is 30.8 Å². The summed E-state index contributed by atoms with van der Waals surface area (Å²) in [5.41, 5.74) is 5.38. The van der Waals surface area contributed by atoms with Gasteiger partial charge in [-0.3, -0.25) is 0 Å². The van der Waals surface area contributed by atoms with E-state index in [0.717, 1.165) is 18.9 Å². The van der Waals surface area contributed by atoms with Crippen molar-refractivity contribution in [1.29, 1.82) is 0 Å². The minimum atomic E-state index is -3.78. The predicted molar refractivity (Wildman–Crippen MR) is 69.5 cm³/mol. The summed E-state index contributed by atoms with van der Waals surface area (Å²) in [6.45, 7) is 1.41. The number of rotatable bonds is 5. The van der Waals surface area contributed by atoms with Crippen molar-refractivity contribution in [3.8, 4) is 0 Å². The molecule has 1 unspecified atom stereocenters. The Bertz CT molecular complexity index is 562. The van der Waals surface area contributed by atoms with Gasteiger partial charge in [0.15, 0.2) is 0 Å². The molecule has 2 rings (SSSR count). The molecule has 106 valence electrons. The van der Waals surface area contributed by atoms with Gasteiger partial charge in [-0.15, -0.1) is 0 Å². The fourth-order valence-corrected chi connectivity index (χ4v) is 3.01. The third kappa shape index (κ3) is 3.23. The second kappa shape index (κ2) is 5.07. The van der Waals surface area contributed by atoms with Crippen molar-refractivity contribution < 1.29 is 17.9 Å². The highest BCUT2D eigenvalue weighted by Gasteiger charge is 2.30. The number of benzene rings is 1. The van der Waals surface area contributed by atoms with Gasteiger partial charge in [0.2, 0.25) is 10.0 Å². The Morgan fingerprint density at radius 3 is 2.68 bits per heavy atom. The standard InChI is InChI=1S/C12H17FN2O3S/c1-7-4-9(5-10(14)12(7)13)19(17,18)15-6-11(16)8-2-3-8/h4-5,8,11,15-16H,2-3,6,14H2,1H3. The van der Waals surface area contributed by atoms with E-state index in [-0.39, 0.29) is 28.6 Å². The molecule has 1 aromatic rings. The highest BCUT2D eigenvalue weighted by molar-refractivity contribution is 7.89. The lowest BCUT2D eigenvalue weighted by Gasteiger charge is -2.12. The van der Waals surface area contributed by atoms with E-state index in [1.165, 1.54) is 13.0 Å². The largest absolute Gasteiger partial charge is 0.396 e. The summed E-state index contributed by atoms with van der Waals surface area (Å²) in [6.07, 6.45) is 1.17. The quantitative estimate of drug-likeness (QED) is 0.698. The molecule has 1 aliphatic carbocycles. The van der Waals surface area contributed by atoms with Crippen molar-refractivity contribution in [2.75, 3.05) is 12.3 Å². The van der Waals surface area contributed by atoms with Crippen LogP contribution in [0.1, 0.15) is 18.4 Å². The topological polar surface area (TPSA) is 92.4 Å². The minimum absolute atomic E-state index is 0.0384. The van der Waals surface area contributed by atoms with E-state index in [0.29, 0.717) is 0 Å². The minimum Gasteiger partial charge on any atom is -0.396 e. The number of aliphatic hydroxyl groups is 1. The van der Waals surface area contributed by atoms with Gasteiger partial charge < -0.3 is 10.8 Å².